The highest BCUT2D eigenvalue weighted by molar-refractivity contribution is 5.94. The van der Waals surface area contributed by atoms with E-state index in [1.54, 1.807) is 27.0 Å². The van der Waals surface area contributed by atoms with Crippen LogP contribution in [0.4, 0.5) is 19.0 Å². The Labute approximate surface area is 200 Å². The number of hydrogen-bond acceptors (Lipinski definition) is 5. The minimum atomic E-state index is -4.42. The first kappa shape index (κ1) is 24.5. The molecule has 0 aliphatic heterocycles. The number of fused-ring (bicyclic) bond motifs is 1. The van der Waals surface area contributed by atoms with Crippen LogP contribution in [0, 0.1) is 12.8 Å². The average molecular weight is 486 g/mol. The Morgan fingerprint density at radius 3 is 2.63 bits per heavy atom. The third-order valence-corrected chi connectivity index (χ3v) is 6.30. The number of aromatic nitrogens is 2. The molecular weight excluding hydrogens is 459 g/mol. The van der Waals surface area contributed by atoms with Gasteiger partial charge in [-0.05, 0) is 62.4 Å². The van der Waals surface area contributed by atoms with Gasteiger partial charge in [-0.2, -0.15) is 13.2 Å². The maximum Gasteiger partial charge on any atom is 0.416 e. The van der Waals surface area contributed by atoms with E-state index in [-0.39, 0.29) is 0 Å². The Kier molecular flexibility index (Phi) is 6.69. The number of carboxylic acids is 1. The number of ether oxygens (including phenoxy) is 1. The first-order chi connectivity index (χ1) is 16.6. The smallest absolute Gasteiger partial charge is 0.416 e. The molecule has 1 aliphatic carbocycles. The minimum absolute atomic E-state index is 0.401. The highest BCUT2D eigenvalue weighted by Gasteiger charge is 2.31. The summed E-state index contributed by atoms with van der Waals surface area (Å²) in [5, 5.41) is 13.3. The van der Waals surface area contributed by atoms with Gasteiger partial charge in [-0.3, -0.25) is 4.79 Å². The standard InChI is InChI=1S/C26H26F3N3O3/c1-14(18-5-4-6-19(11-18)26(27,28)29)30-24-21-12-20(16-7-9-17(10-8-16)25(33)34)23(35-3)13-22(21)31-15(2)32-24/h4-7,11-14,17H,8-10H2,1-3H3,(H,33,34)(H,30,31,32)/t14-,17?/m1/s1. The van der Waals surface area contributed by atoms with Gasteiger partial charge in [0.1, 0.15) is 17.4 Å². The van der Waals surface area contributed by atoms with Crippen LogP contribution >= 0.6 is 0 Å². The predicted molar refractivity (Wildman–Crippen MR) is 127 cm³/mol. The van der Waals surface area contributed by atoms with Crippen molar-refractivity contribution in [1.82, 2.24) is 9.97 Å². The third kappa shape index (κ3) is 5.23. The summed E-state index contributed by atoms with van der Waals surface area (Å²) in [6.45, 7) is 3.52. The number of aliphatic carboxylic acids is 1. The number of halogens is 3. The van der Waals surface area contributed by atoms with Gasteiger partial charge in [0.15, 0.2) is 0 Å². The van der Waals surface area contributed by atoms with Crippen molar-refractivity contribution in [3.63, 3.8) is 0 Å². The van der Waals surface area contributed by atoms with Gasteiger partial charge in [0.2, 0.25) is 0 Å². The summed E-state index contributed by atoms with van der Waals surface area (Å²) in [6, 6.07) is 8.47. The molecule has 0 bridgehead atoms. The zero-order chi connectivity index (χ0) is 25.3. The molecule has 184 valence electrons. The lowest BCUT2D eigenvalue weighted by atomic mass is 9.86. The number of nitrogens with zero attached hydrogens (tertiary/aromatic N) is 2. The molecule has 9 heteroatoms. The average Bonchev–Trinajstić information content (AvgIpc) is 2.82. The molecule has 0 amide bonds. The molecular formula is C26H26F3N3O3. The Morgan fingerprint density at radius 2 is 2.00 bits per heavy atom. The van der Waals surface area contributed by atoms with E-state index in [0.29, 0.717) is 53.1 Å². The van der Waals surface area contributed by atoms with Gasteiger partial charge in [-0.15, -0.1) is 0 Å². The van der Waals surface area contributed by atoms with E-state index >= 15 is 0 Å². The number of aryl methyl sites for hydroxylation is 1. The van der Waals surface area contributed by atoms with Crippen LogP contribution in [0.15, 0.2) is 42.5 Å². The first-order valence-corrected chi connectivity index (χ1v) is 11.3. The molecule has 1 aliphatic rings. The zero-order valence-electron chi connectivity index (χ0n) is 19.6. The molecule has 0 spiro atoms. The van der Waals surface area contributed by atoms with Gasteiger partial charge in [0.25, 0.3) is 0 Å². The lowest BCUT2D eigenvalue weighted by molar-refractivity contribution is -0.142. The van der Waals surface area contributed by atoms with Crippen molar-refractivity contribution >= 4 is 28.3 Å². The van der Waals surface area contributed by atoms with Crippen LogP contribution in [-0.2, 0) is 11.0 Å². The number of carboxylic acid groups (broad SMARTS) is 1. The Morgan fingerprint density at radius 1 is 1.23 bits per heavy atom. The fourth-order valence-corrected chi connectivity index (χ4v) is 4.38. The Bertz CT molecular complexity index is 1300. The van der Waals surface area contributed by atoms with Gasteiger partial charge in [-0.1, -0.05) is 18.2 Å². The molecule has 2 atom stereocenters. The molecule has 3 aromatic rings. The molecule has 4 rings (SSSR count). The van der Waals surface area contributed by atoms with Gasteiger partial charge < -0.3 is 15.2 Å². The molecule has 0 saturated carbocycles. The van der Waals surface area contributed by atoms with Crippen LogP contribution in [0.5, 0.6) is 5.75 Å². The number of allylic oxidation sites excluding steroid dienone is 2. The summed E-state index contributed by atoms with van der Waals surface area (Å²) < 4.78 is 45.2. The van der Waals surface area contributed by atoms with E-state index in [1.807, 2.05) is 18.2 Å². The predicted octanol–water partition coefficient (Wildman–Crippen LogP) is 6.41. The maximum absolute atomic E-state index is 13.2. The first-order valence-electron chi connectivity index (χ1n) is 11.3. The van der Waals surface area contributed by atoms with E-state index in [4.69, 9.17) is 4.74 Å². The normalized spacial score (nSPS) is 17.1. The zero-order valence-corrected chi connectivity index (χ0v) is 19.6. The summed E-state index contributed by atoms with van der Waals surface area (Å²) in [5.41, 5.74) is 2.22. The summed E-state index contributed by atoms with van der Waals surface area (Å²) in [5.74, 6) is 0.423. The molecule has 0 fully saturated rings. The van der Waals surface area contributed by atoms with Gasteiger partial charge >= 0.3 is 12.1 Å². The summed E-state index contributed by atoms with van der Waals surface area (Å²) in [4.78, 5) is 20.4. The molecule has 0 radical (unpaired) electrons. The molecule has 1 heterocycles. The largest absolute Gasteiger partial charge is 0.496 e. The van der Waals surface area contributed by atoms with E-state index in [0.717, 1.165) is 23.3 Å². The molecule has 0 saturated heterocycles. The molecule has 2 aromatic carbocycles. The molecule has 1 unspecified atom stereocenters. The third-order valence-electron chi connectivity index (χ3n) is 6.30. The van der Waals surface area contributed by atoms with E-state index in [2.05, 4.69) is 15.3 Å². The lowest BCUT2D eigenvalue weighted by Crippen LogP contribution is -2.16. The fraction of sp³-hybridized carbons (Fsp3) is 0.346. The summed E-state index contributed by atoms with van der Waals surface area (Å²) in [6.07, 6.45) is -0.931. The van der Waals surface area contributed by atoms with E-state index < -0.39 is 29.7 Å². The summed E-state index contributed by atoms with van der Waals surface area (Å²) in [7, 11) is 1.57. The number of hydrogen-bond donors (Lipinski definition) is 2. The van der Waals surface area contributed by atoms with Crippen LogP contribution in [0.2, 0.25) is 0 Å². The van der Waals surface area contributed by atoms with Crippen molar-refractivity contribution in [3.05, 3.63) is 65.0 Å². The minimum Gasteiger partial charge on any atom is -0.496 e. The highest BCUT2D eigenvalue weighted by atomic mass is 19.4. The van der Waals surface area contributed by atoms with Gasteiger partial charge in [0.05, 0.1) is 24.1 Å². The topological polar surface area (TPSA) is 84.3 Å². The lowest BCUT2D eigenvalue weighted by Gasteiger charge is -2.22. The van der Waals surface area contributed by atoms with E-state index in [9.17, 15) is 23.1 Å². The van der Waals surface area contributed by atoms with Crippen molar-refractivity contribution in [3.8, 4) is 5.75 Å². The van der Waals surface area contributed by atoms with E-state index in [1.165, 1.54) is 6.07 Å². The number of anilines is 1. The fourth-order valence-electron chi connectivity index (χ4n) is 4.38. The molecule has 1 aromatic heterocycles. The van der Waals surface area contributed by atoms with Crippen LogP contribution in [-0.4, -0.2) is 28.2 Å². The second-order valence-corrected chi connectivity index (χ2v) is 8.72. The van der Waals surface area contributed by atoms with Crippen molar-refractivity contribution in [2.45, 2.75) is 45.3 Å². The summed E-state index contributed by atoms with van der Waals surface area (Å²) >= 11 is 0. The molecule has 2 N–H and O–H groups in total. The van der Waals surface area contributed by atoms with Gasteiger partial charge in [-0.25, -0.2) is 9.97 Å². The maximum atomic E-state index is 13.2. The van der Waals surface area contributed by atoms with Gasteiger partial charge in [0, 0.05) is 23.1 Å². The molecule has 6 nitrogen and oxygen atoms in total. The number of methoxy groups -OCH3 is 1. The van der Waals surface area contributed by atoms with Crippen molar-refractivity contribution in [2.24, 2.45) is 5.92 Å². The quantitative estimate of drug-likeness (QED) is 0.420. The number of benzene rings is 2. The van der Waals surface area contributed by atoms with Crippen molar-refractivity contribution < 1.29 is 27.8 Å². The van der Waals surface area contributed by atoms with Crippen molar-refractivity contribution in [2.75, 3.05) is 12.4 Å². The number of alkyl halides is 3. The Balaban J connectivity index is 1.73. The number of nitrogens with one attached hydrogen (secondary N) is 1. The SMILES string of the molecule is COc1cc2nc(C)nc(N[C@H](C)c3cccc(C(F)(F)F)c3)c2cc1C1=CCC(C(=O)O)CC1. The van der Waals surface area contributed by atoms with Crippen LogP contribution in [0.1, 0.15) is 54.7 Å². The van der Waals surface area contributed by atoms with Crippen LogP contribution in [0.3, 0.4) is 0 Å². The molecule has 35 heavy (non-hydrogen) atoms. The second kappa shape index (κ2) is 9.56. The highest BCUT2D eigenvalue weighted by Crippen LogP contribution is 2.39. The number of rotatable bonds is 6. The Hall–Kier alpha value is -3.62. The monoisotopic (exact) mass is 485 g/mol. The van der Waals surface area contributed by atoms with Crippen molar-refractivity contribution in [1.29, 1.82) is 0 Å². The van der Waals surface area contributed by atoms with Crippen LogP contribution < -0.4 is 10.1 Å². The number of carbonyl (C=O) groups is 1. The second-order valence-electron chi connectivity index (χ2n) is 8.72. The van der Waals surface area contributed by atoms with Crippen LogP contribution in [0.25, 0.3) is 16.5 Å².